The van der Waals surface area contributed by atoms with Crippen LogP contribution < -0.4 is 5.73 Å². The van der Waals surface area contributed by atoms with Gasteiger partial charge in [-0.2, -0.15) is 0 Å². The summed E-state index contributed by atoms with van der Waals surface area (Å²) in [7, 11) is -1.04. The molecule has 0 amide bonds. The molecule has 1 spiro atoms. The van der Waals surface area contributed by atoms with Gasteiger partial charge in [-0.15, -0.1) is 0 Å². The van der Waals surface area contributed by atoms with E-state index in [2.05, 4.69) is 15.9 Å². The monoisotopic (exact) mass is 357 g/mol. The third-order valence-electron chi connectivity index (χ3n) is 4.39. The molecule has 1 aliphatic heterocycles. The Bertz CT molecular complexity index is 529. The SMILES string of the molecule is Nc1ccc(S(=O)CC2CCC3(CCCC3)O2)c(Br)c1. The molecule has 0 radical (unpaired) electrons. The molecular formula is C15H20BrNO2S. The van der Waals surface area contributed by atoms with E-state index in [1.165, 1.54) is 25.7 Å². The Morgan fingerprint density at radius 2 is 2.10 bits per heavy atom. The summed E-state index contributed by atoms with van der Waals surface area (Å²) in [5.74, 6) is 0.588. The van der Waals surface area contributed by atoms with Gasteiger partial charge in [-0.25, -0.2) is 0 Å². The zero-order valence-electron chi connectivity index (χ0n) is 11.4. The van der Waals surface area contributed by atoms with Crippen molar-refractivity contribution in [2.75, 3.05) is 11.5 Å². The van der Waals surface area contributed by atoms with Gasteiger partial charge in [-0.05, 0) is 59.8 Å². The summed E-state index contributed by atoms with van der Waals surface area (Å²) in [6.45, 7) is 0. The molecule has 0 bridgehead atoms. The van der Waals surface area contributed by atoms with Crippen LogP contribution >= 0.6 is 15.9 Å². The molecule has 2 atom stereocenters. The summed E-state index contributed by atoms with van der Waals surface area (Å²) < 4.78 is 19.6. The summed E-state index contributed by atoms with van der Waals surface area (Å²) in [6.07, 6.45) is 7.23. The summed E-state index contributed by atoms with van der Waals surface area (Å²) in [5, 5.41) is 0. The molecular weight excluding hydrogens is 338 g/mol. The number of anilines is 1. The molecule has 110 valence electrons. The first-order chi connectivity index (χ1) is 9.58. The number of hydrogen-bond donors (Lipinski definition) is 1. The van der Waals surface area contributed by atoms with Crippen LogP contribution in [0.2, 0.25) is 0 Å². The zero-order chi connectivity index (χ0) is 14.2. The van der Waals surface area contributed by atoms with Crippen molar-refractivity contribution in [3.8, 4) is 0 Å². The van der Waals surface area contributed by atoms with E-state index in [-0.39, 0.29) is 11.7 Å². The lowest BCUT2D eigenvalue weighted by molar-refractivity contribution is -0.0270. The second-order valence-electron chi connectivity index (χ2n) is 5.87. The van der Waals surface area contributed by atoms with Crippen LogP contribution in [0.3, 0.4) is 0 Å². The highest BCUT2D eigenvalue weighted by Crippen LogP contribution is 2.43. The van der Waals surface area contributed by atoms with Crippen molar-refractivity contribution >= 4 is 32.4 Å². The number of nitrogen functional groups attached to an aromatic ring is 1. The van der Waals surface area contributed by atoms with E-state index >= 15 is 0 Å². The van der Waals surface area contributed by atoms with Crippen LogP contribution in [0.25, 0.3) is 0 Å². The van der Waals surface area contributed by atoms with Crippen molar-refractivity contribution in [1.82, 2.24) is 0 Å². The van der Waals surface area contributed by atoms with Gasteiger partial charge in [0.15, 0.2) is 0 Å². The minimum Gasteiger partial charge on any atom is -0.399 e. The Labute approximate surface area is 130 Å². The van der Waals surface area contributed by atoms with Crippen LogP contribution in [-0.4, -0.2) is 21.7 Å². The molecule has 3 rings (SSSR count). The molecule has 1 heterocycles. The van der Waals surface area contributed by atoms with E-state index in [0.717, 1.165) is 22.2 Å². The van der Waals surface area contributed by atoms with Gasteiger partial charge in [0.1, 0.15) is 0 Å². The average molecular weight is 358 g/mol. The Balaban J connectivity index is 1.65. The highest BCUT2D eigenvalue weighted by atomic mass is 79.9. The topological polar surface area (TPSA) is 52.3 Å². The minimum atomic E-state index is -1.04. The molecule has 2 fully saturated rings. The lowest BCUT2D eigenvalue weighted by Gasteiger charge is -2.23. The number of hydrogen-bond acceptors (Lipinski definition) is 3. The molecule has 2 N–H and O–H groups in total. The van der Waals surface area contributed by atoms with Crippen molar-refractivity contribution in [3.63, 3.8) is 0 Å². The largest absolute Gasteiger partial charge is 0.399 e. The van der Waals surface area contributed by atoms with E-state index < -0.39 is 10.8 Å². The normalized spacial score (nSPS) is 26.1. The van der Waals surface area contributed by atoms with Gasteiger partial charge >= 0.3 is 0 Å². The first-order valence-corrected chi connectivity index (χ1v) is 9.30. The Morgan fingerprint density at radius 1 is 1.35 bits per heavy atom. The number of ether oxygens (including phenoxy) is 1. The van der Waals surface area contributed by atoms with Gasteiger partial charge in [0, 0.05) is 10.2 Å². The molecule has 1 saturated heterocycles. The lowest BCUT2D eigenvalue weighted by atomic mass is 9.98. The summed E-state index contributed by atoms with van der Waals surface area (Å²) >= 11 is 3.44. The van der Waals surface area contributed by atoms with E-state index in [0.29, 0.717) is 11.4 Å². The number of nitrogens with two attached hydrogens (primary N) is 1. The van der Waals surface area contributed by atoms with Crippen molar-refractivity contribution < 1.29 is 8.95 Å². The maximum atomic E-state index is 12.5. The van der Waals surface area contributed by atoms with Crippen molar-refractivity contribution in [2.45, 2.75) is 55.1 Å². The van der Waals surface area contributed by atoms with Gasteiger partial charge in [0.05, 0.1) is 33.2 Å². The molecule has 20 heavy (non-hydrogen) atoms. The van der Waals surface area contributed by atoms with Gasteiger partial charge in [0.2, 0.25) is 0 Å². The van der Waals surface area contributed by atoms with Crippen LogP contribution in [-0.2, 0) is 15.5 Å². The summed E-state index contributed by atoms with van der Waals surface area (Å²) in [4.78, 5) is 0.815. The Kier molecular flexibility index (Phi) is 4.20. The fraction of sp³-hybridized carbons (Fsp3) is 0.600. The number of rotatable bonds is 3. The first kappa shape index (κ1) is 14.5. The fourth-order valence-electron chi connectivity index (χ4n) is 3.36. The molecule has 2 unspecified atom stereocenters. The second kappa shape index (κ2) is 5.78. The van der Waals surface area contributed by atoms with Gasteiger partial charge in [-0.3, -0.25) is 4.21 Å². The van der Waals surface area contributed by atoms with E-state index in [9.17, 15) is 4.21 Å². The van der Waals surface area contributed by atoms with Crippen molar-refractivity contribution in [2.24, 2.45) is 0 Å². The number of halogens is 1. The van der Waals surface area contributed by atoms with Gasteiger partial charge in [0.25, 0.3) is 0 Å². The summed E-state index contributed by atoms with van der Waals surface area (Å²) in [6, 6.07) is 5.45. The van der Waals surface area contributed by atoms with Crippen LogP contribution in [0.1, 0.15) is 38.5 Å². The third kappa shape index (κ3) is 2.95. The van der Waals surface area contributed by atoms with Crippen LogP contribution in [0, 0.1) is 0 Å². The molecule has 3 nitrogen and oxygen atoms in total. The van der Waals surface area contributed by atoms with Crippen molar-refractivity contribution in [3.05, 3.63) is 22.7 Å². The molecule has 1 aliphatic carbocycles. The molecule has 2 aliphatic rings. The van der Waals surface area contributed by atoms with E-state index in [1.54, 1.807) is 12.1 Å². The minimum absolute atomic E-state index is 0.118. The molecule has 1 saturated carbocycles. The highest BCUT2D eigenvalue weighted by molar-refractivity contribution is 9.10. The van der Waals surface area contributed by atoms with Gasteiger partial charge in [-0.1, -0.05) is 12.8 Å². The van der Waals surface area contributed by atoms with Crippen molar-refractivity contribution in [1.29, 1.82) is 0 Å². The Hall–Kier alpha value is -0.390. The zero-order valence-corrected chi connectivity index (χ0v) is 13.8. The molecule has 0 aromatic heterocycles. The highest BCUT2D eigenvalue weighted by Gasteiger charge is 2.42. The molecule has 1 aromatic carbocycles. The number of benzene rings is 1. The van der Waals surface area contributed by atoms with Gasteiger partial charge < -0.3 is 10.5 Å². The maximum absolute atomic E-state index is 12.5. The van der Waals surface area contributed by atoms with Crippen LogP contribution in [0.15, 0.2) is 27.6 Å². The fourth-order valence-corrected chi connectivity index (χ4v) is 5.55. The quantitative estimate of drug-likeness (QED) is 0.840. The average Bonchev–Trinajstić information content (AvgIpc) is 3.00. The third-order valence-corrected chi connectivity index (χ3v) is 6.83. The van der Waals surface area contributed by atoms with Crippen LogP contribution in [0.5, 0.6) is 0 Å². The lowest BCUT2D eigenvalue weighted by Crippen LogP contribution is -2.27. The summed E-state index contributed by atoms with van der Waals surface area (Å²) in [5.41, 5.74) is 6.51. The first-order valence-electron chi connectivity index (χ1n) is 7.19. The standard InChI is InChI=1S/C15H20BrNO2S/c16-13-9-11(17)3-4-14(13)20(18)10-12-5-8-15(19-12)6-1-2-7-15/h3-4,9,12H,1-2,5-8,10,17H2. The Morgan fingerprint density at radius 3 is 2.80 bits per heavy atom. The molecule has 1 aromatic rings. The maximum Gasteiger partial charge on any atom is 0.0702 e. The predicted octanol–water partition coefficient (Wildman–Crippen LogP) is 3.63. The predicted molar refractivity (Wildman–Crippen MR) is 85.1 cm³/mol. The van der Waals surface area contributed by atoms with E-state index in [4.69, 9.17) is 10.5 Å². The molecule has 5 heteroatoms. The smallest absolute Gasteiger partial charge is 0.0702 e. The van der Waals surface area contributed by atoms with E-state index in [1.807, 2.05) is 6.07 Å². The second-order valence-corrected chi connectivity index (χ2v) is 8.19. The van der Waals surface area contributed by atoms with Crippen LogP contribution in [0.4, 0.5) is 5.69 Å².